The third kappa shape index (κ3) is 2.13. The number of nitrogens with two attached hydrogens (primary N) is 1. The zero-order chi connectivity index (χ0) is 14.1. The van der Waals surface area contributed by atoms with E-state index in [2.05, 4.69) is 41.2 Å². The average molecular weight is 266 g/mol. The van der Waals surface area contributed by atoms with Gasteiger partial charge < -0.3 is 5.73 Å². The van der Waals surface area contributed by atoms with Crippen molar-refractivity contribution in [3.05, 3.63) is 53.2 Å². The Morgan fingerprint density at radius 3 is 2.50 bits per heavy atom. The van der Waals surface area contributed by atoms with Crippen molar-refractivity contribution in [3.63, 3.8) is 0 Å². The Balaban J connectivity index is 2.01. The molecule has 2 heterocycles. The monoisotopic (exact) mass is 266 g/mol. The summed E-state index contributed by atoms with van der Waals surface area (Å²) in [4.78, 5) is 8.83. The van der Waals surface area contributed by atoms with Gasteiger partial charge >= 0.3 is 0 Å². The number of benzene rings is 1. The molecular weight excluding hydrogens is 248 g/mol. The highest BCUT2D eigenvalue weighted by Gasteiger charge is 2.11. The lowest BCUT2D eigenvalue weighted by molar-refractivity contribution is 0.827. The van der Waals surface area contributed by atoms with Crippen LogP contribution in [0.2, 0.25) is 0 Å². The molecule has 0 bridgehead atoms. The lowest BCUT2D eigenvalue weighted by atomic mass is 10.1. The number of nitrogens with zero attached hydrogens (tertiary/aromatic N) is 3. The van der Waals surface area contributed by atoms with Gasteiger partial charge in [-0.3, -0.25) is 4.57 Å². The molecule has 0 radical (unpaired) electrons. The van der Waals surface area contributed by atoms with E-state index < -0.39 is 0 Å². The van der Waals surface area contributed by atoms with Gasteiger partial charge in [-0.15, -0.1) is 0 Å². The molecule has 3 aromatic rings. The molecule has 0 saturated heterocycles. The van der Waals surface area contributed by atoms with E-state index in [9.17, 15) is 0 Å². The molecule has 0 unspecified atom stereocenters. The zero-order valence-electron chi connectivity index (χ0n) is 11.8. The molecule has 2 N–H and O–H groups in total. The van der Waals surface area contributed by atoms with Crippen LogP contribution < -0.4 is 5.73 Å². The van der Waals surface area contributed by atoms with Gasteiger partial charge in [0.2, 0.25) is 5.95 Å². The predicted octanol–water partition coefficient (Wildman–Crippen LogP) is 2.93. The van der Waals surface area contributed by atoms with Crippen LogP contribution in [-0.4, -0.2) is 14.5 Å². The fourth-order valence-corrected chi connectivity index (χ4v) is 2.37. The Kier molecular flexibility index (Phi) is 3.14. The number of hydrogen-bond donors (Lipinski definition) is 1. The fourth-order valence-electron chi connectivity index (χ4n) is 2.37. The van der Waals surface area contributed by atoms with Gasteiger partial charge in [0.05, 0.1) is 6.54 Å². The summed E-state index contributed by atoms with van der Waals surface area (Å²) in [5.41, 5.74) is 11.4. The SMILES string of the molecule is CCc1ccc(Cn2c(N)nc3c(C)ccnc32)cc1. The first-order valence-corrected chi connectivity index (χ1v) is 6.84. The standard InChI is InChI=1S/C16H18N4/c1-3-12-4-6-13(7-5-12)10-20-15-14(19-16(20)17)11(2)8-9-18-15/h4-9H,3,10H2,1-2H3,(H2,17,19). The maximum Gasteiger partial charge on any atom is 0.202 e. The van der Waals surface area contributed by atoms with Crippen molar-refractivity contribution in [1.29, 1.82) is 0 Å². The van der Waals surface area contributed by atoms with Crippen LogP contribution in [0.25, 0.3) is 11.2 Å². The van der Waals surface area contributed by atoms with Gasteiger partial charge in [-0.05, 0) is 36.1 Å². The van der Waals surface area contributed by atoms with Crippen LogP contribution in [0.15, 0.2) is 36.5 Å². The molecule has 3 rings (SSSR count). The number of anilines is 1. The molecule has 102 valence electrons. The van der Waals surface area contributed by atoms with Crippen LogP contribution >= 0.6 is 0 Å². The first kappa shape index (κ1) is 12.7. The molecular formula is C16H18N4. The minimum atomic E-state index is 0.515. The van der Waals surface area contributed by atoms with E-state index in [-0.39, 0.29) is 0 Å². The van der Waals surface area contributed by atoms with Crippen LogP contribution in [0.1, 0.15) is 23.6 Å². The molecule has 0 spiro atoms. The second kappa shape index (κ2) is 4.96. The topological polar surface area (TPSA) is 56.7 Å². The normalized spacial score (nSPS) is 11.1. The predicted molar refractivity (Wildman–Crippen MR) is 81.6 cm³/mol. The number of fused-ring (bicyclic) bond motifs is 1. The minimum Gasteiger partial charge on any atom is -0.369 e. The molecule has 4 heteroatoms. The number of imidazole rings is 1. The summed E-state index contributed by atoms with van der Waals surface area (Å²) >= 11 is 0. The number of aryl methyl sites for hydroxylation is 2. The third-order valence-corrected chi connectivity index (χ3v) is 3.64. The highest BCUT2D eigenvalue weighted by molar-refractivity contribution is 5.77. The van der Waals surface area contributed by atoms with E-state index in [0.29, 0.717) is 12.5 Å². The molecule has 0 aliphatic rings. The molecule has 1 aromatic carbocycles. The first-order chi connectivity index (χ1) is 9.69. The van der Waals surface area contributed by atoms with Gasteiger partial charge in [-0.1, -0.05) is 31.2 Å². The van der Waals surface area contributed by atoms with E-state index in [1.54, 1.807) is 6.20 Å². The van der Waals surface area contributed by atoms with Crippen molar-refractivity contribution >= 4 is 17.1 Å². The molecule has 0 atom stereocenters. The summed E-state index contributed by atoms with van der Waals surface area (Å²) < 4.78 is 1.96. The summed E-state index contributed by atoms with van der Waals surface area (Å²) in [6.07, 6.45) is 2.85. The van der Waals surface area contributed by atoms with E-state index in [1.165, 1.54) is 11.1 Å². The molecule has 0 aliphatic carbocycles. The maximum atomic E-state index is 6.04. The highest BCUT2D eigenvalue weighted by atomic mass is 15.2. The highest BCUT2D eigenvalue weighted by Crippen LogP contribution is 2.20. The maximum absolute atomic E-state index is 6.04. The van der Waals surface area contributed by atoms with E-state index in [0.717, 1.165) is 23.1 Å². The smallest absolute Gasteiger partial charge is 0.202 e. The van der Waals surface area contributed by atoms with Gasteiger partial charge in [0.15, 0.2) is 5.65 Å². The molecule has 2 aromatic heterocycles. The summed E-state index contributed by atoms with van der Waals surface area (Å²) in [7, 11) is 0. The summed E-state index contributed by atoms with van der Waals surface area (Å²) in [6.45, 7) is 4.88. The van der Waals surface area contributed by atoms with Gasteiger partial charge in [-0.25, -0.2) is 9.97 Å². The number of rotatable bonds is 3. The molecule has 4 nitrogen and oxygen atoms in total. The van der Waals surface area contributed by atoms with Crippen LogP contribution in [0.3, 0.4) is 0 Å². The van der Waals surface area contributed by atoms with Crippen molar-refractivity contribution in [2.24, 2.45) is 0 Å². The third-order valence-electron chi connectivity index (χ3n) is 3.64. The van der Waals surface area contributed by atoms with Crippen molar-refractivity contribution in [3.8, 4) is 0 Å². The second-order valence-electron chi connectivity index (χ2n) is 5.03. The number of nitrogen functional groups attached to an aromatic ring is 1. The minimum absolute atomic E-state index is 0.515. The molecule has 0 aliphatic heterocycles. The van der Waals surface area contributed by atoms with Crippen LogP contribution in [-0.2, 0) is 13.0 Å². The quantitative estimate of drug-likeness (QED) is 0.793. The van der Waals surface area contributed by atoms with Crippen molar-refractivity contribution < 1.29 is 0 Å². The summed E-state index contributed by atoms with van der Waals surface area (Å²) in [5, 5.41) is 0. The lowest BCUT2D eigenvalue weighted by Crippen LogP contribution is -2.05. The van der Waals surface area contributed by atoms with Crippen LogP contribution in [0.4, 0.5) is 5.95 Å². The number of pyridine rings is 1. The van der Waals surface area contributed by atoms with Crippen molar-refractivity contribution in [1.82, 2.24) is 14.5 Å². The summed E-state index contributed by atoms with van der Waals surface area (Å²) in [5.74, 6) is 0.515. The van der Waals surface area contributed by atoms with Crippen molar-refractivity contribution in [2.45, 2.75) is 26.8 Å². The molecule has 0 saturated carbocycles. The Morgan fingerprint density at radius 2 is 1.80 bits per heavy atom. The van der Waals surface area contributed by atoms with Crippen molar-refractivity contribution in [2.75, 3.05) is 5.73 Å². The van der Waals surface area contributed by atoms with Gasteiger partial charge in [0.25, 0.3) is 0 Å². The average Bonchev–Trinajstić information content (AvgIpc) is 2.78. The Hall–Kier alpha value is -2.36. The molecule has 20 heavy (non-hydrogen) atoms. The Labute approximate surface area is 118 Å². The second-order valence-corrected chi connectivity index (χ2v) is 5.03. The Morgan fingerprint density at radius 1 is 1.10 bits per heavy atom. The van der Waals surface area contributed by atoms with E-state index in [4.69, 9.17) is 5.73 Å². The Bertz CT molecular complexity index is 741. The molecule has 0 fully saturated rings. The largest absolute Gasteiger partial charge is 0.369 e. The van der Waals surface area contributed by atoms with E-state index in [1.807, 2.05) is 17.6 Å². The number of hydrogen-bond acceptors (Lipinski definition) is 3. The van der Waals surface area contributed by atoms with Gasteiger partial charge in [-0.2, -0.15) is 0 Å². The fraction of sp³-hybridized carbons (Fsp3) is 0.250. The lowest BCUT2D eigenvalue weighted by Gasteiger charge is -2.07. The first-order valence-electron chi connectivity index (χ1n) is 6.84. The zero-order valence-corrected chi connectivity index (χ0v) is 11.8. The number of aromatic nitrogens is 3. The van der Waals surface area contributed by atoms with Gasteiger partial charge in [0, 0.05) is 6.20 Å². The van der Waals surface area contributed by atoms with Crippen LogP contribution in [0.5, 0.6) is 0 Å². The van der Waals surface area contributed by atoms with Crippen LogP contribution in [0, 0.1) is 6.92 Å². The van der Waals surface area contributed by atoms with Gasteiger partial charge in [0.1, 0.15) is 5.52 Å². The molecule has 0 amide bonds. The summed E-state index contributed by atoms with van der Waals surface area (Å²) in [6, 6.07) is 10.5. The van der Waals surface area contributed by atoms with E-state index >= 15 is 0 Å².